The Morgan fingerprint density at radius 3 is 2.50 bits per heavy atom. The van der Waals surface area contributed by atoms with Crippen molar-refractivity contribution in [2.45, 2.75) is 6.54 Å². The highest BCUT2D eigenvalue weighted by atomic mass is 79.9. The van der Waals surface area contributed by atoms with Gasteiger partial charge in [-0.05, 0) is 54.3 Å². The van der Waals surface area contributed by atoms with Crippen molar-refractivity contribution >= 4 is 37.6 Å². The summed E-state index contributed by atoms with van der Waals surface area (Å²) in [6.07, 6.45) is 1.67. The molecule has 2 aromatic rings. The zero-order valence-corrected chi connectivity index (χ0v) is 14.5. The lowest BCUT2D eigenvalue weighted by Gasteiger charge is -2.11. The van der Waals surface area contributed by atoms with Crippen molar-refractivity contribution in [3.8, 4) is 0 Å². The van der Waals surface area contributed by atoms with Crippen molar-refractivity contribution in [2.24, 2.45) is 0 Å². The van der Waals surface area contributed by atoms with Crippen LogP contribution in [0.1, 0.15) is 16.1 Å². The number of rotatable bonds is 5. The summed E-state index contributed by atoms with van der Waals surface area (Å²) in [7, 11) is 3.99. The first kappa shape index (κ1) is 15.4. The first-order valence-electron chi connectivity index (χ1n) is 6.15. The fourth-order valence-corrected chi connectivity index (χ4v) is 2.53. The number of hydrogen-bond donors (Lipinski definition) is 0. The maximum atomic E-state index is 12.6. The Bertz CT molecular complexity index is 605. The maximum absolute atomic E-state index is 12.6. The lowest BCUT2D eigenvalue weighted by molar-refractivity contribution is 0.102. The molecule has 106 valence electrons. The minimum absolute atomic E-state index is 0.0272. The molecule has 0 amide bonds. The summed E-state index contributed by atoms with van der Waals surface area (Å²) < 4.78 is 3.42. The summed E-state index contributed by atoms with van der Waals surface area (Å²) in [6.45, 7) is 1.50. The minimum atomic E-state index is -0.0272. The Balaban J connectivity index is 2.29. The molecule has 0 N–H and O–H groups in total. The highest BCUT2D eigenvalue weighted by molar-refractivity contribution is 9.10. The van der Waals surface area contributed by atoms with E-state index >= 15 is 0 Å². The molecular formula is C14H15Br2N3O. The van der Waals surface area contributed by atoms with Gasteiger partial charge in [0.15, 0.2) is 0 Å². The smallest absolute Gasteiger partial charge is 0.212 e. The van der Waals surface area contributed by atoms with Crippen LogP contribution in [0.4, 0.5) is 0 Å². The summed E-state index contributed by atoms with van der Waals surface area (Å²) in [4.78, 5) is 14.6. The number of carbonyl (C=O) groups excluding carboxylic acids is 1. The van der Waals surface area contributed by atoms with Gasteiger partial charge in [0.25, 0.3) is 0 Å². The van der Waals surface area contributed by atoms with Crippen LogP contribution in [0.15, 0.2) is 39.4 Å². The molecule has 4 nitrogen and oxygen atoms in total. The molecule has 0 aliphatic heterocycles. The van der Waals surface area contributed by atoms with E-state index in [1.54, 1.807) is 10.9 Å². The number of benzene rings is 1. The molecule has 0 atom stereocenters. The second kappa shape index (κ2) is 6.65. The van der Waals surface area contributed by atoms with E-state index in [1.807, 2.05) is 38.4 Å². The molecule has 0 unspecified atom stereocenters. The molecule has 2 rings (SSSR count). The van der Waals surface area contributed by atoms with Crippen molar-refractivity contribution < 1.29 is 4.79 Å². The first-order valence-corrected chi connectivity index (χ1v) is 7.74. The van der Waals surface area contributed by atoms with Crippen LogP contribution in [0, 0.1) is 0 Å². The minimum Gasteiger partial charge on any atom is -0.308 e. The van der Waals surface area contributed by atoms with Crippen LogP contribution < -0.4 is 0 Å². The Labute approximate surface area is 135 Å². The molecule has 0 aliphatic carbocycles. The largest absolute Gasteiger partial charge is 0.308 e. The van der Waals surface area contributed by atoms with E-state index in [0.717, 1.165) is 15.5 Å². The number of ketones is 1. The van der Waals surface area contributed by atoms with E-state index in [4.69, 9.17) is 0 Å². The molecule has 6 heteroatoms. The number of aromatic nitrogens is 2. The number of carbonyl (C=O) groups is 1. The van der Waals surface area contributed by atoms with E-state index in [2.05, 4.69) is 41.9 Å². The third kappa shape index (κ3) is 3.56. The molecule has 1 aromatic carbocycles. The third-order valence-corrected chi connectivity index (χ3v) is 3.98. The van der Waals surface area contributed by atoms with Crippen LogP contribution >= 0.6 is 31.9 Å². The van der Waals surface area contributed by atoms with Crippen molar-refractivity contribution in [3.63, 3.8) is 0 Å². The standard InChI is InChI=1S/C14H15Br2N3O/c1-18(2)7-8-19-13(12(16)9-17-19)14(20)10-3-5-11(15)6-4-10/h3-6,9H,7-8H2,1-2H3. The van der Waals surface area contributed by atoms with Crippen molar-refractivity contribution in [2.75, 3.05) is 20.6 Å². The van der Waals surface area contributed by atoms with Gasteiger partial charge in [0.2, 0.25) is 5.78 Å². The normalized spacial score (nSPS) is 11.1. The Kier molecular flexibility index (Phi) is 5.12. The molecule has 0 saturated heterocycles. The summed E-state index contributed by atoms with van der Waals surface area (Å²) in [5.74, 6) is -0.0272. The quantitative estimate of drug-likeness (QED) is 0.723. The highest BCUT2D eigenvalue weighted by Gasteiger charge is 2.18. The van der Waals surface area contributed by atoms with Gasteiger partial charge in [-0.25, -0.2) is 0 Å². The van der Waals surface area contributed by atoms with Gasteiger partial charge in [-0.1, -0.05) is 15.9 Å². The van der Waals surface area contributed by atoms with Crippen molar-refractivity contribution in [3.05, 3.63) is 50.7 Å². The monoisotopic (exact) mass is 399 g/mol. The first-order chi connectivity index (χ1) is 9.49. The topological polar surface area (TPSA) is 38.1 Å². The molecule has 0 saturated carbocycles. The summed E-state index contributed by atoms with van der Waals surface area (Å²) in [5.41, 5.74) is 1.25. The van der Waals surface area contributed by atoms with Gasteiger partial charge in [-0.15, -0.1) is 0 Å². The van der Waals surface area contributed by atoms with Crippen LogP contribution in [0.3, 0.4) is 0 Å². The van der Waals surface area contributed by atoms with E-state index in [-0.39, 0.29) is 5.78 Å². The zero-order chi connectivity index (χ0) is 14.7. The second-order valence-electron chi connectivity index (χ2n) is 4.70. The fraction of sp³-hybridized carbons (Fsp3) is 0.286. The zero-order valence-electron chi connectivity index (χ0n) is 11.3. The molecule has 0 spiro atoms. The fourth-order valence-electron chi connectivity index (χ4n) is 1.79. The molecule has 0 aliphatic rings. The Morgan fingerprint density at radius 1 is 1.25 bits per heavy atom. The number of likely N-dealkylation sites (N-methyl/N-ethyl adjacent to an activating group) is 1. The van der Waals surface area contributed by atoms with E-state index < -0.39 is 0 Å². The number of hydrogen-bond acceptors (Lipinski definition) is 3. The van der Waals surface area contributed by atoms with Crippen LogP contribution in [-0.2, 0) is 6.54 Å². The van der Waals surface area contributed by atoms with Gasteiger partial charge in [0.05, 0.1) is 17.2 Å². The third-order valence-electron chi connectivity index (χ3n) is 2.88. The molecule has 20 heavy (non-hydrogen) atoms. The molecule has 0 fully saturated rings. The van der Waals surface area contributed by atoms with E-state index in [0.29, 0.717) is 17.8 Å². The van der Waals surface area contributed by atoms with E-state index in [9.17, 15) is 4.79 Å². The van der Waals surface area contributed by atoms with Gasteiger partial charge in [0, 0.05) is 16.6 Å². The predicted molar refractivity (Wildman–Crippen MR) is 86.1 cm³/mol. The number of nitrogens with zero attached hydrogens (tertiary/aromatic N) is 3. The van der Waals surface area contributed by atoms with Crippen LogP contribution in [-0.4, -0.2) is 41.1 Å². The van der Waals surface area contributed by atoms with Gasteiger partial charge in [0.1, 0.15) is 5.69 Å². The van der Waals surface area contributed by atoms with Crippen molar-refractivity contribution in [1.29, 1.82) is 0 Å². The maximum Gasteiger partial charge on any atom is 0.212 e. The van der Waals surface area contributed by atoms with Gasteiger partial charge in [-0.3, -0.25) is 9.48 Å². The average molecular weight is 401 g/mol. The van der Waals surface area contributed by atoms with Gasteiger partial charge < -0.3 is 4.90 Å². The number of halogens is 2. The molecule has 0 radical (unpaired) electrons. The SMILES string of the molecule is CN(C)CCn1ncc(Br)c1C(=O)c1ccc(Br)cc1. The molecular weight excluding hydrogens is 386 g/mol. The molecule has 1 aromatic heterocycles. The van der Waals surface area contributed by atoms with Crippen molar-refractivity contribution in [1.82, 2.24) is 14.7 Å². The lowest BCUT2D eigenvalue weighted by atomic mass is 10.1. The predicted octanol–water partition coefficient (Wildman–Crippen LogP) is 3.20. The van der Waals surface area contributed by atoms with Crippen LogP contribution in [0.5, 0.6) is 0 Å². The highest BCUT2D eigenvalue weighted by Crippen LogP contribution is 2.21. The summed E-state index contributed by atoms with van der Waals surface area (Å²) >= 11 is 6.78. The summed E-state index contributed by atoms with van der Waals surface area (Å²) in [6, 6.07) is 7.34. The molecule has 0 bridgehead atoms. The Hall–Kier alpha value is -0.980. The van der Waals surface area contributed by atoms with Crippen LogP contribution in [0.25, 0.3) is 0 Å². The lowest BCUT2D eigenvalue weighted by Crippen LogP contribution is -2.21. The van der Waals surface area contributed by atoms with Gasteiger partial charge >= 0.3 is 0 Å². The van der Waals surface area contributed by atoms with Crippen LogP contribution in [0.2, 0.25) is 0 Å². The Morgan fingerprint density at radius 2 is 1.90 bits per heavy atom. The van der Waals surface area contributed by atoms with Gasteiger partial charge in [-0.2, -0.15) is 5.10 Å². The molecule has 1 heterocycles. The second-order valence-corrected chi connectivity index (χ2v) is 6.47. The summed E-state index contributed by atoms with van der Waals surface area (Å²) in [5, 5.41) is 4.26. The van der Waals surface area contributed by atoms with E-state index in [1.165, 1.54) is 0 Å². The average Bonchev–Trinajstić information content (AvgIpc) is 2.77.